The van der Waals surface area contributed by atoms with Gasteiger partial charge in [0.2, 0.25) is 0 Å². The molecule has 1 aromatic rings. The first-order chi connectivity index (χ1) is 9.45. The summed E-state index contributed by atoms with van der Waals surface area (Å²) in [5.74, 6) is -0.173. The number of nitrogens with two attached hydrogens (primary N) is 1. The van der Waals surface area contributed by atoms with Crippen LogP contribution in [0.25, 0.3) is 0 Å². The van der Waals surface area contributed by atoms with Crippen LogP contribution < -0.4 is 5.73 Å². The zero-order chi connectivity index (χ0) is 14.7. The van der Waals surface area contributed by atoms with Crippen LogP contribution in [-0.4, -0.2) is 55.6 Å². The lowest BCUT2D eigenvalue weighted by Crippen LogP contribution is -2.51. The van der Waals surface area contributed by atoms with Crippen molar-refractivity contribution in [1.82, 2.24) is 9.80 Å². The van der Waals surface area contributed by atoms with Gasteiger partial charge in [-0.25, -0.2) is 4.39 Å². The monoisotopic (exact) mass is 279 g/mol. The number of benzene rings is 1. The molecule has 0 aliphatic carbocycles. The first-order valence-corrected chi connectivity index (χ1v) is 7.35. The smallest absolute Gasteiger partial charge is 0.123 e. The molecule has 1 aliphatic rings. The van der Waals surface area contributed by atoms with Crippen LogP contribution in [0.1, 0.15) is 17.5 Å². The Kier molecular flexibility index (Phi) is 5.13. The van der Waals surface area contributed by atoms with Crippen LogP contribution in [0.4, 0.5) is 4.39 Å². The third kappa shape index (κ3) is 4.01. The Hall–Kier alpha value is -0.970. The molecule has 0 saturated carbocycles. The second kappa shape index (κ2) is 6.66. The molecule has 1 aromatic carbocycles. The Morgan fingerprint density at radius 3 is 2.80 bits per heavy atom. The largest absolute Gasteiger partial charge is 0.327 e. The van der Waals surface area contributed by atoms with Gasteiger partial charge in [-0.2, -0.15) is 0 Å². The molecular formula is C16H26FN3. The highest BCUT2D eigenvalue weighted by molar-refractivity contribution is 5.27. The molecule has 1 fully saturated rings. The summed E-state index contributed by atoms with van der Waals surface area (Å²) in [5.41, 5.74) is 8.47. The number of aryl methyl sites for hydroxylation is 1. The number of rotatable bonds is 4. The number of hydrogen-bond acceptors (Lipinski definition) is 3. The highest BCUT2D eigenvalue weighted by Crippen LogP contribution is 2.16. The van der Waals surface area contributed by atoms with E-state index in [9.17, 15) is 4.39 Å². The van der Waals surface area contributed by atoms with Crippen molar-refractivity contribution in [3.8, 4) is 0 Å². The van der Waals surface area contributed by atoms with Crippen molar-refractivity contribution in [2.45, 2.75) is 31.8 Å². The van der Waals surface area contributed by atoms with E-state index in [0.717, 1.165) is 43.6 Å². The Morgan fingerprint density at radius 1 is 1.35 bits per heavy atom. The SMILES string of the molecule is Cc1cc(F)ccc1CC(N)CC1CN(C)CCN1C. The van der Waals surface area contributed by atoms with Gasteiger partial charge in [0.05, 0.1) is 0 Å². The first-order valence-electron chi connectivity index (χ1n) is 7.35. The standard InChI is InChI=1S/C16H26FN3/c1-12-8-14(17)5-4-13(12)9-15(18)10-16-11-19(2)6-7-20(16)3/h4-5,8,15-16H,6-7,9-11,18H2,1-3H3. The summed E-state index contributed by atoms with van der Waals surface area (Å²) in [6.07, 6.45) is 1.80. The summed E-state index contributed by atoms with van der Waals surface area (Å²) < 4.78 is 13.1. The second-order valence-electron chi connectivity index (χ2n) is 6.17. The second-order valence-corrected chi connectivity index (χ2v) is 6.17. The molecule has 0 spiro atoms. The minimum absolute atomic E-state index is 0.123. The lowest BCUT2D eigenvalue weighted by Gasteiger charge is -2.38. The van der Waals surface area contributed by atoms with Crippen LogP contribution in [0.3, 0.4) is 0 Å². The molecule has 2 atom stereocenters. The number of nitrogens with zero attached hydrogens (tertiary/aromatic N) is 2. The molecule has 3 nitrogen and oxygen atoms in total. The van der Waals surface area contributed by atoms with Crippen molar-refractivity contribution in [3.05, 3.63) is 35.1 Å². The van der Waals surface area contributed by atoms with Crippen LogP contribution >= 0.6 is 0 Å². The Labute approximate surface area is 121 Å². The van der Waals surface area contributed by atoms with E-state index in [1.807, 2.05) is 13.0 Å². The molecule has 0 radical (unpaired) electrons. The maximum absolute atomic E-state index is 13.1. The molecular weight excluding hydrogens is 253 g/mol. The highest BCUT2D eigenvalue weighted by Gasteiger charge is 2.24. The van der Waals surface area contributed by atoms with E-state index in [1.165, 1.54) is 6.07 Å². The molecule has 2 unspecified atom stereocenters. The molecule has 2 N–H and O–H groups in total. The number of likely N-dealkylation sites (N-methyl/N-ethyl adjacent to an activating group) is 2. The Morgan fingerprint density at radius 2 is 2.10 bits per heavy atom. The molecule has 0 aromatic heterocycles. The van der Waals surface area contributed by atoms with E-state index < -0.39 is 0 Å². The zero-order valence-corrected chi connectivity index (χ0v) is 12.8. The average molecular weight is 279 g/mol. The van der Waals surface area contributed by atoms with Gasteiger partial charge in [0.15, 0.2) is 0 Å². The molecule has 1 aliphatic heterocycles. The summed E-state index contributed by atoms with van der Waals surface area (Å²) in [5, 5.41) is 0. The maximum Gasteiger partial charge on any atom is 0.123 e. The van der Waals surface area contributed by atoms with E-state index in [1.54, 1.807) is 6.07 Å². The number of piperazine rings is 1. The molecule has 4 heteroatoms. The fourth-order valence-corrected chi connectivity index (χ4v) is 2.96. The molecule has 1 saturated heterocycles. The molecule has 112 valence electrons. The lowest BCUT2D eigenvalue weighted by molar-refractivity contribution is 0.104. The van der Waals surface area contributed by atoms with Crippen molar-refractivity contribution in [2.24, 2.45) is 5.73 Å². The fourth-order valence-electron chi connectivity index (χ4n) is 2.96. The molecule has 2 rings (SSSR count). The van der Waals surface area contributed by atoms with Gasteiger partial charge in [0.25, 0.3) is 0 Å². The van der Waals surface area contributed by atoms with E-state index in [0.29, 0.717) is 6.04 Å². The van der Waals surface area contributed by atoms with Crippen LogP contribution in [0.2, 0.25) is 0 Å². The Bertz CT molecular complexity index is 449. The predicted molar refractivity (Wildman–Crippen MR) is 81.3 cm³/mol. The highest BCUT2D eigenvalue weighted by atomic mass is 19.1. The number of halogens is 1. The lowest BCUT2D eigenvalue weighted by atomic mass is 9.96. The zero-order valence-electron chi connectivity index (χ0n) is 12.8. The molecule has 1 heterocycles. The van der Waals surface area contributed by atoms with E-state index in [4.69, 9.17) is 5.73 Å². The van der Waals surface area contributed by atoms with Gasteiger partial charge >= 0.3 is 0 Å². The van der Waals surface area contributed by atoms with Gasteiger partial charge in [-0.1, -0.05) is 6.07 Å². The van der Waals surface area contributed by atoms with Gasteiger partial charge in [-0.15, -0.1) is 0 Å². The third-order valence-electron chi connectivity index (χ3n) is 4.34. The van der Waals surface area contributed by atoms with Gasteiger partial charge in [-0.05, 0) is 57.1 Å². The van der Waals surface area contributed by atoms with Crippen molar-refractivity contribution in [3.63, 3.8) is 0 Å². The summed E-state index contributed by atoms with van der Waals surface area (Å²) >= 11 is 0. The summed E-state index contributed by atoms with van der Waals surface area (Å²) in [6, 6.07) is 5.61. The van der Waals surface area contributed by atoms with Crippen LogP contribution in [-0.2, 0) is 6.42 Å². The van der Waals surface area contributed by atoms with Gasteiger partial charge in [0.1, 0.15) is 5.82 Å². The molecule has 0 bridgehead atoms. The number of hydrogen-bond donors (Lipinski definition) is 1. The van der Waals surface area contributed by atoms with Gasteiger partial charge in [-0.3, -0.25) is 0 Å². The molecule has 0 amide bonds. The fraction of sp³-hybridized carbons (Fsp3) is 0.625. The third-order valence-corrected chi connectivity index (χ3v) is 4.34. The first kappa shape index (κ1) is 15.4. The van der Waals surface area contributed by atoms with Crippen molar-refractivity contribution >= 4 is 0 Å². The van der Waals surface area contributed by atoms with Gasteiger partial charge in [0, 0.05) is 31.7 Å². The van der Waals surface area contributed by atoms with Gasteiger partial charge < -0.3 is 15.5 Å². The van der Waals surface area contributed by atoms with Crippen LogP contribution in [0, 0.1) is 12.7 Å². The van der Waals surface area contributed by atoms with Crippen LogP contribution in [0.5, 0.6) is 0 Å². The van der Waals surface area contributed by atoms with Crippen molar-refractivity contribution in [2.75, 3.05) is 33.7 Å². The van der Waals surface area contributed by atoms with E-state index >= 15 is 0 Å². The average Bonchev–Trinajstić information content (AvgIpc) is 2.37. The topological polar surface area (TPSA) is 32.5 Å². The molecule has 20 heavy (non-hydrogen) atoms. The Balaban J connectivity index is 1.93. The van der Waals surface area contributed by atoms with Crippen LogP contribution in [0.15, 0.2) is 18.2 Å². The normalized spacial score (nSPS) is 22.9. The summed E-state index contributed by atoms with van der Waals surface area (Å²) in [6.45, 7) is 5.25. The quantitative estimate of drug-likeness (QED) is 0.909. The maximum atomic E-state index is 13.1. The summed E-state index contributed by atoms with van der Waals surface area (Å²) in [4.78, 5) is 4.76. The summed E-state index contributed by atoms with van der Waals surface area (Å²) in [7, 11) is 4.34. The minimum Gasteiger partial charge on any atom is -0.327 e. The minimum atomic E-state index is -0.173. The van der Waals surface area contributed by atoms with E-state index in [2.05, 4.69) is 23.9 Å². The van der Waals surface area contributed by atoms with E-state index in [-0.39, 0.29) is 11.9 Å². The predicted octanol–water partition coefficient (Wildman–Crippen LogP) is 1.64. The van der Waals surface area contributed by atoms with Crippen molar-refractivity contribution < 1.29 is 4.39 Å². The van der Waals surface area contributed by atoms with Crippen molar-refractivity contribution in [1.29, 1.82) is 0 Å².